The molecule has 4 nitrogen and oxygen atoms in total. The molecule has 0 aromatic carbocycles. The Morgan fingerprint density at radius 3 is 2.88 bits per heavy atom. The maximum Gasteiger partial charge on any atom is 0.264 e. The van der Waals surface area contributed by atoms with Crippen LogP contribution in [0.3, 0.4) is 0 Å². The summed E-state index contributed by atoms with van der Waals surface area (Å²) in [6.07, 6.45) is 3.72. The number of amides is 1. The molecule has 0 saturated carbocycles. The van der Waals surface area contributed by atoms with Crippen LogP contribution in [0.15, 0.2) is 12.1 Å². The third-order valence-electron chi connectivity index (χ3n) is 5.28. The number of ether oxygens (including phenoxy) is 2. The molecule has 1 atom stereocenters. The fraction of sp³-hybridized carbons (Fsp3) is 0.722. The Kier molecular flexibility index (Phi) is 4.91. The number of carbonyl (C=O) groups is 1. The van der Waals surface area contributed by atoms with Gasteiger partial charge >= 0.3 is 0 Å². The second-order valence-electron chi connectivity index (χ2n) is 7.28. The van der Waals surface area contributed by atoms with Crippen molar-refractivity contribution in [3.63, 3.8) is 0 Å². The molecule has 1 amide bonds. The molecule has 132 valence electrons. The predicted octanol–water partition coefficient (Wildman–Crippen LogP) is 3.20. The number of aryl methyl sites for hydroxylation is 1. The Labute approximate surface area is 151 Å². The smallest absolute Gasteiger partial charge is 0.264 e. The molecule has 0 radical (unpaired) electrons. The first-order valence-electron chi connectivity index (χ1n) is 8.83. The first-order chi connectivity index (χ1) is 11.6. The predicted molar refractivity (Wildman–Crippen MR) is 98.0 cm³/mol. The summed E-state index contributed by atoms with van der Waals surface area (Å²) < 4.78 is 11.8. The number of hydrogen-bond donors (Lipinski definition) is 0. The number of nitrogens with zero attached hydrogens (tertiary/aromatic N) is 1. The fourth-order valence-electron chi connectivity index (χ4n) is 3.81. The molecule has 0 N–H and O–H groups in total. The first-order valence-corrected chi connectivity index (χ1v) is 10.6. The normalized spacial score (nSPS) is 26.7. The Hall–Kier alpha value is -0.560. The molecular formula is C18H25NO3S2. The quantitative estimate of drug-likeness (QED) is 0.819. The number of likely N-dealkylation sites (tertiary alicyclic amines) is 1. The number of carbonyl (C=O) groups excluding carboxylic acids is 1. The van der Waals surface area contributed by atoms with E-state index in [1.165, 1.54) is 4.88 Å². The molecule has 1 aromatic rings. The molecule has 3 aliphatic heterocycles. The average molecular weight is 368 g/mol. The lowest BCUT2D eigenvalue weighted by Gasteiger charge is -2.47. The van der Waals surface area contributed by atoms with Crippen molar-refractivity contribution in [2.45, 2.75) is 37.0 Å². The van der Waals surface area contributed by atoms with E-state index >= 15 is 0 Å². The van der Waals surface area contributed by atoms with Crippen molar-refractivity contribution in [1.82, 2.24) is 4.90 Å². The Balaban J connectivity index is 1.23. The summed E-state index contributed by atoms with van der Waals surface area (Å²) in [5.41, 5.74) is 0. The van der Waals surface area contributed by atoms with E-state index in [9.17, 15) is 4.79 Å². The highest BCUT2D eigenvalue weighted by molar-refractivity contribution is 8.01. The average Bonchev–Trinajstić information content (AvgIpc) is 3.18. The van der Waals surface area contributed by atoms with Gasteiger partial charge in [0.05, 0.1) is 15.7 Å². The lowest BCUT2D eigenvalue weighted by atomic mass is 9.92. The summed E-state index contributed by atoms with van der Waals surface area (Å²) in [6.45, 7) is 6.45. The van der Waals surface area contributed by atoms with E-state index in [0.717, 1.165) is 62.8 Å². The van der Waals surface area contributed by atoms with Crippen molar-refractivity contribution in [3.05, 3.63) is 21.9 Å². The summed E-state index contributed by atoms with van der Waals surface area (Å²) in [4.78, 5) is 16.5. The van der Waals surface area contributed by atoms with Crippen LogP contribution in [0.25, 0.3) is 0 Å². The van der Waals surface area contributed by atoms with E-state index < -0.39 is 0 Å². The molecule has 1 spiro atoms. The second-order valence-corrected chi connectivity index (χ2v) is 10.1. The highest BCUT2D eigenvalue weighted by Crippen LogP contribution is 2.46. The first kappa shape index (κ1) is 16.9. The largest absolute Gasteiger partial charge is 0.381 e. The standard InChI is InChI=1S/C18H25NO3S2/c1-13-2-3-16(24-13)17(20)19-11-18(12-19)8-15(10-23-18)22-9-14-4-6-21-7-5-14/h2-3,14-15H,4-12H2,1H3/t15-/m1/s1. The molecule has 3 aliphatic rings. The van der Waals surface area contributed by atoms with Crippen LogP contribution in [0.4, 0.5) is 0 Å². The minimum absolute atomic E-state index is 0.200. The second kappa shape index (κ2) is 6.98. The Morgan fingerprint density at radius 1 is 1.38 bits per heavy atom. The fourth-order valence-corrected chi connectivity index (χ4v) is 6.20. The van der Waals surface area contributed by atoms with Gasteiger partial charge in [-0.1, -0.05) is 0 Å². The van der Waals surface area contributed by atoms with Gasteiger partial charge in [0.2, 0.25) is 0 Å². The summed E-state index contributed by atoms with van der Waals surface area (Å²) in [6, 6.07) is 3.98. The minimum atomic E-state index is 0.200. The summed E-state index contributed by atoms with van der Waals surface area (Å²) in [5, 5.41) is 0. The Morgan fingerprint density at radius 2 is 2.17 bits per heavy atom. The highest BCUT2D eigenvalue weighted by Gasteiger charge is 2.51. The summed E-state index contributed by atoms with van der Waals surface area (Å²) in [7, 11) is 0. The molecule has 0 unspecified atom stereocenters. The van der Waals surface area contributed by atoms with Crippen LogP contribution in [0.5, 0.6) is 0 Å². The monoisotopic (exact) mass is 367 g/mol. The van der Waals surface area contributed by atoms with Crippen LogP contribution in [0, 0.1) is 12.8 Å². The van der Waals surface area contributed by atoms with Gasteiger partial charge < -0.3 is 14.4 Å². The van der Waals surface area contributed by atoms with Crippen LogP contribution < -0.4 is 0 Å². The topological polar surface area (TPSA) is 38.8 Å². The van der Waals surface area contributed by atoms with Crippen LogP contribution >= 0.6 is 23.1 Å². The van der Waals surface area contributed by atoms with E-state index in [1.54, 1.807) is 11.3 Å². The molecular weight excluding hydrogens is 342 g/mol. The van der Waals surface area contributed by atoms with Gasteiger partial charge in [-0.3, -0.25) is 4.79 Å². The van der Waals surface area contributed by atoms with Gasteiger partial charge in [0, 0.05) is 43.5 Å². The van der Waals surface area contributed by atoms with Gasteiger partial charge in [-0.15, -0.1) is 23.1 Å². The van der Waals surface area contributed by atoms with Crippen LogP contribution in [-0.2, 0) is 9.47 Å². The van der Waals surface area contributed by atoms with Crippen molar-refractivity contribution < 1.29 is 14.3 Å². The third kappa shape index (κ3) is 3.52. The molecule has 1 aromatic heterocycles. The van der Waals surface area contributed by atoms with Crippen molar-refractivity contribution in [2.75, 3.05) is 38.7 Å². The summed E-state index contributed by atoms with van der Waals surface area (Å²) in [5.74, 6) is 1.94. The van der Waals surface area contributed by atoms with E-state index in [0.29, 0.717) is 12.0 Å². The van der Waals surface area contributed by atoms with Gasteiger partial charge in [-0.05, 0) is 44.2 Å². The molecule has 3 saturated heterocycles. The molecule has 0 aliphatic carbocycles. The maximum atomic E-state index is 12.5. The van der Waals surface area contributed by atoms with Crippen molar-refractivity contribution in [3.8, 4) is 0 Å². The molecule has 4 rings (SSSR count). The van der Waals surface area contributed by atoms with Crippen molar-refractivity contribution >= 4 is 29.0 Å². The SMILES string of the molecule is Cc1ccc(C(=O)N2CC3(C[C@@H](OCC4CCOCC4)CS3)C2)s1. The number of thiophene rings is 1. The highest BCUT2D eigenvalue weighted by atomic mass is 32.2. The van der Waals surface area contributed by atoms with Gasteiger partial charge in [0.25, 0.3) is 5.91 Å². The molecule has 3 fully saturated rings. The van der Waals surface area contributed by atoms with Gasteiger partial charge in [0.15, 0.2) is 0 Å². The van der Waals surface area contributed by atoms with Crippen LogP contribution in [-0.4, -0.2) is 60.3 Å². The molecule has 4 heterocycles. The van der Waals surface area contributed by atoms with E-state index in [-0.39, 0.29) is 10.7 Å². The van der Waals surface area contributed by atoms with E-state index in [2.05, 4.69) is 0 Å². The van der Waals surface area contributed by atoms with Crippen LogP contribution in [0.2, 0.25) is 0 Å². The number of thioether (sulfide) groups is 1. The number of rotatable bonds is 4. The Bertz CT molecular complexity index is 591. The summed E-state index contributed by atoms with van der Waals surface area (Å²) >= 11 is 3.60. The van der Waals surface area contributed by atoms with Crippen LogP contribution in [0.1, 0.15) is 33.8 Å². The lowest BCUT2D eigenvalue weighted by Crippen LogP contribution is -2.60. The number of hydrogen-bond acceptors (Lipinski definition) is 5. The van der Waals surface area contributed by atoms with Crippen molar-refractivity contribution in [2.24, 2.45) is 5.92 Å². The van der Waals surface area contributed by atoms with E-state index in [1.807, 2.05) is 35.7 Å². The maximum absolute atomic E-state index is 12.5. The molecule has 24 heavy (non-hydrogen) atoms. The minimum Gasteiger partial charge on any atom is -0.381 e. The zero-order valence-corrected chi connectivity index (χ0v) is 15.8. The van der Waals surface area contributed by atoms with Gasteiger partial charge in [0.1, 0.15) is 0 Å². The van der Waals surface area contributed by atoms with Gasteiger partial charge in [-0.2, -0.15) is 0 Å². The third-order valence-corrected chi connectivity index (χ3v) is 7.84. The lowest BCUT2D eigenvalue weighted by molar-refractivity contribution is -0.0118. The van der Waals surface area contributed by atoms with Gasteiger partial charge in [-0.25, -0.2) is 0 Å². The molecule has 0 bridgehead atoms. The zero-order valence-electron chi connectivity index (χ0n) is 14.2. The van der Waals surface area contributed by atoms with Crippen molar-refractivity contribution in [1.29, 1.82) is 0 Å². The molecule has 6 heteroatoms. The zero-order chi connectivity index (χ0) is 16.6. The van der Waals surface area contributed by atoms with E-state index in [4.69, 9.17) is 9.47 Å².